The molecular formula is C14H21FN2O2. The maximum Gasteiger partial charge on any atom is 0.219 e. The number of rotatable bonds is 7. The van der Waals surface area contributed by atoms with Gasteiger partial charge in [-0.3, -0.25) is 4.79 Å². The van der Waals surface area contributed by atoms with Crippen LogP contribution >= 0.6 is 0 Å². The number of benzene rings is 1. The highest BCUT2D eigenvalue weighted by Crippen LogP contribution is 2.22. The normalized spacial score (nSPS) is 12.0. The summed E-state index contributed by atoms with van der Waals surface area (Å²) in [5.41, 5.74) is 0.873. The molecule has 5 heteroatoms. The molecule has 106 valence electrons. The van der Waals surface area contributed by atoms with Gasteiger partial charge in [-0.1, -0.05) is 6.07 Å². The van der Waals surface area contributed by atoms with Gasteiger partial charge in [0.2, 0.25) is 5.91 Å². The Labute approximate surface area is 113 Å². The standard InChI is InChI=1S/C14H21FN2O2/c1-10(16-2)11-6-7-13(12(15)9-11)19-8-4-5-14(18)17-3/h6-7,9-10,16H,4-5,8H2,1-3H3,(H,17,18). The molecule has 1 rings (SSSR count). The quantitative estimate of drug-likeness (QED) is 0.744. The fourth-order valence-corrected chi connectivity index (χ4v) is 1.61. The van der Waals surface area contributed by atoms with Gasteiger partial charge >= 0.3 is 0 Å². The molecule has 0 spiro atoms. The minimum atomic E-state index is -0.375. The summed E-state index contributed by atoms with van der Waals surface area (Å²) in [5, 5.41) is 5.57. The largest absolute Gasteiger partial charge is 0.491 e. The zero-order chi connectivity index (χ0) is 14.3. The first kappa shape index (κ1) is 15.4. The Balaban J connectivity index is 2.49. The summed E-state index contributed by atoms with van der Waals surface area (Å²) in [6.45, 7) is 2.28. The molecule has 1 unspecified atom stereocenters. The van der Waals surface area contributed by atoms with Crippen molar-refractivity contribution in [3.05, 3.63) is 29.6 Å². The van der Waals surface area contributed by atoms with E-state index in [9.17, 15) is 9.18 Å². The molecule has 0 radical (unpaired) electrons. The summed E-state index contributed by atoms with van der Waals surface area (Å²) >= 11 is 0. The molecule has 0 aliphatic heterocycles. The van der Waals surface area contributed by atoms with Crippen LogP contribution < -0.4 is 15.4 Å². The zero-order valence-electron chi connectivity index (χ0n) is 11.6. The molecule has 0 saturated carbocycles. The van der Waals surface area contributed by atoms with Crippen LogP contribution in [0.5, 0.6) is 5.75 Å². The van der Waals surface area contributed by atoms with E-state index in [4.69, 9.17) is 4.74 Å². The van der Waals surface area contributed by atoms with Crippen molar-refractivity contribution in [2.75, 3.05) is 20.7 Å². The Hall–Kier alpha value is -1.62. The van der Waals surface area contributed by atoms with Gasteiger partial charge in [-0.2, -0.15) is 0 Å². The second-order valence-electron chi connectivity index (χ2n) is 4.33. The monoisotopic (exact) mass is 268 g/mol. The number of nitrogens with one attached hydrogen (secondary N) is 2. The molecule has 0 aromatic heterocycles. The van der Waals surface area contributed by atoms with E-state index in [0.717, 1.165) is 5.56 Å². The number of carbonyl (C=O) groups excluding carboxylic acids is 1. The maximum absolute atomic E-state index is 13.8. The number of hydrogen-bond donors (Lipinski definition) is 2. The predicted molar refractivity (Wildman–Crippen MR) is 72.7 cm³/mol. The number of hydrogen-bond acceptors (Lipinski definition) is 3. The smallest absolute Gasteiger partial charge is 0.219 e. The first-order valence-electron chi connectivity index (χ1n) is 6.38. The lowest BCUT2D eigenvalue weighted by molar-refractivity contribution is -0.120. The van der Waals surface area contributed by atoms with Crippen molar-refractivity contribution in [2.45, 2.75) is 25.8 Å². The minimum absolute atomic E-state index is 0.0396. The lowest BCUT2D eigenvalue weighted by Crippen LogP contribution is -2.18. The molecule has 0 fully saturated rings. The number of carbonyl (C=O) groups is 1. The van der Waals surface area contributed by atoms with Crippen LogP contribution in [-0.2, 0) is 4.79 Å². The second-order valence-corrected chi connectivity index (χ2v) is 4.33. The van der Waals surface area contributed by atoms with Crippen LogP contribution in [-0.4, -0.2) is 26.6 Å². The third kappa shape index (κ3) is 4.87. The van der Waals surface area contributed by atoms with Crippen molar-refractivity contribution in [1.29, 1.82) is 0 Å². The van der Waals surface area contributed by atoms with Crippen LogP contribution in [0, 0.1) is 5.82 Å². The summed E-state index contributed by atoms with van der Waals surface area (Å²) in [7, 11) is 3.41. The fourth-order valence-electron chi connectivity index (χ4n) is 1.61. The molecule has 0 aliphatic rings. The highest BCUT2D eigenvalue weighted by Gasteiger charge is 2.08. The van der Waals surface area contributed by atoms with E-state index in [1.807, 2.05) is 20.0 Å². The van der Waals surface area contributed by atoms with Gasteiger partial charge in [-0.15, -0.1) is 0 Å². The molecule has 0 heterocycles. The van der Waals surface area contributed by atoms with E-state index in [2.05, 4.69) is 10.6 Å². The van der Waals surface area contributed by atoms with Crippen molar-refractivity contribution >= 4 is 5.91 Å². The van der Waals surface area contributed by atoms with E-state index in [-0.39, 0.29) is 23.5 Å². The van der Waals surface area contributed by atoms with E-state index in [1.54, 1.807) is 13.1 Å². The van der Waals surface area contributed by atoms with Gasteiger partial charge in [0.1, 0.15) is 0 Å². The van der Waals surface area contributed by atoms with Crippen LogP contribution in [0.25, 0.3) is 0 Å². The Morgan fingerprint density at radius 3 is 2.74 bits per heavy atom. The van der Waals surface area contributed by atoms with Crippen molar-refractivity contribution < 1.29 is 13.9 Å². The topological polar surface area (TPSA) is 50.4 Å². The zero-order valence-corrected chi connectivity index (χ0v) is 11.6. The van der Waals surface area contributed by atoms with Gasteiger partial charge in [-0.05, 0) is 38.1 Å². The van der Waals surface area contributed by atoms with Crippen molar-refractivity contribution in [2.24, 2.45) is 0 Å². The van der Waals surface area contributed by atoms with Gasteiger partial charge in [0, 0.05) is 19.5 Å². The van der Waals surface area contributed by atoms with Gasteiger partial charge in [0.05, 0.1) is 6.61 Å². The van der Waals surface area contributed by atoms with Gasteiger partial charge in [0.25, 0.3) is 0 Å². The average Bonchev–Trinajstić information content (AvgIpc) is 2.43. The molecule has 2 N–H and O–H groups in total. The third-order valence-corrected chi connectivity index (χ3v) is 2.97. The highest BCUT2D eigenvalue weighted by atomic mass is 19.1. The molecule has 1 atom stereocenters. The fraction of sp³-hybridized carbons (Fsp3) is 0.500. The number of amides is 1. The first-order chi connectivity index (χ1) is 9.08. The summed E-state index contributed by atoms with van der Waals surface area (Å²) in [6.07, 6.45) is 0.945. The lowest BCUT2D eigenvalue weighted by atomic mass is 10.1. The van der Waals surface area contributed by atoms with E-state index in [1.165, 1.54) is 6.07 Å². The van der Waals surface area contributed by atoms with Crippen LogP contribution in [0.3, 0.4) is 0 Å². The molecule has 4 nitrogen and oxygen atoms in total. The number of halogens is 1. The van der Waals surface area contributed by atoms with Crippen molar-refractivity contribution in [3.63, 3.8) is 0 Å². The maximum atomic E-state index is 13.8. The Morgan fingerprint density at radius 1 is 1.42 bits per heavy atom. The SMILES string of the molecule is CNC(=O)CCCOc1ccc(C(C)NC)cc1F. The molecular weight excluding hydrogens is 247 g/mol. The van der Waals surface area contributed by atoms with Crippen LogP contribution in [0.15, 0.2) is 18.2 Å². The number of ether oxygens (including phenoxy) is 1. The Bertz CT molecular complexity index is 424. The lowest BCUT2D eigenvalue weighted by Gasteiger charge is -2.12. The predicted octanol–water partition coefficient (Wildman–Crippen LogP) is 2.01. The van der Waals surface area contributed by atoms with Gasteiger partial charge < -0.3 is 15.4 Å². The summed E-state index contributed by atoms with van der Waals surface area (Å²) in [6, 6.07) is 5.02. The Kier molecular flexibility index (Phi) is 6.29. The molecule has 1 amide bonds. The summed E-state index contributed by atoms with van der Waals surface area (Å²) < 4.78 is 19.1. The average molecular weight is 268 g/mol. The molecule has 0 aliphatic carbocycles. The van der Waals surface area contributed by atoms with Crippen molar-refractivity contribution in [1.82, 2.24) is 10.6 Å². The third-order valence-electron chi connectivity index (χ3n) is 2.97. The molecule has 0 saturated heterocycles. The second kappa shape index (κ2) is 7.74. The van der Waals surface area contributed by atoms with Crippen LogP contribution in [0.1, 0.15) is 31.4 Å². The minimum Gasteiger partial charge on any atom is -0.491 e. The van der Waals surface area contributed by atoms with E-state index >= 15 is 0 Å². The Morgan fingerprint density at radius 2 is 2.16 bits per heavy atom. The molecule has 1 aromatic rings. The van der Waals surface area contributed by atoms with Crippen LogP contribution in [0.4, 0.5) is 4.39 Å². The summed E-state index contributed by atoms with van der Waals surface area (Å²) in [4.78, 5) is 11.0. The summed E-state index contributed by atoms with van der Waals surface area (Å²) in [5.74, 6) is -0.189. The van der Waals surface area contributed by atoms with Gasteiger partial charge in [0.15, 0.2) is 11.6 Å². The van der Waals surface area contributed by atoms with E-state index < -0.39 is 0 Å². The molecule has 1 aromatic carbocycles. The molecule has 19 heavy (non-hydrogen) atoms. The van der Waals surface area contributed by atoms with Crippen molar-refractivity contribution in [3.8, 4) is 5.75 Å². The van der Waals surface area contributed by atoms with Gasteiger partial charge in [-0.25, -0.2) is 4.39 Å². The highest BCUT2D eigenvalue weighted by molar-refractivity contribution is 5.75. The van der Waals surface area contributed by atoms with E-state index in [0.29, 0.717) is 19.4 Å². The van der Waals surface area contributed by atoms with Crippen LogP contribution in [0.2, 0.25) is 0 Å². The molecule has 0 bridgehead atoms. The first-order valence-corrected chi connectivity index (χ1v) is 6.38.